The lowest BCUT2D eigenvalue weighted by molar-refractivity contribution is -0.137. The van der Waals surface area contributed by atoms with Crippen LogP contribution in [0.2, 0.25) is 5.02 Å². The average Bonchev–Trinajstić information content (AvgIpc) is 3.39. The maximum Gasteiger partial charge on any atom is 0.416 e. The number of hydrogen-bond donors (Lipinski definition) is 1. The summed E-state index contributed by atoms with van der Waals surface area (Å²) in [7, 11) is -2.40. The van der Waals surface area contributed by atoms with Gasteiger partial charge in [0.2, 0.25) is 15.9 Å². The molecule has 11 heteroatoms. The molecule has 0 spiro atoms. The summed E-state index contributed by atoms with van der Waals surface area (Å²) in [6.45, 7) is 0.402. The van der Waals surface area contributed by atoms with Crippen LogP contribution < -0.4 is 5.73 Å². The number of alkyl halides is 3. The second-order valence-corrected chi connectivity index (χ2v) is 11.6. The van der Waals surface area contributed by atoms with Gasteiger partial charge in [0.05, 0.1) is 16.6 Å². The highest BCUT2D eigenvalue weighted by atomic mass is 35.5. The first-order valence-corrected chi connectivity index (χ1v) is 13.1. The van der Waals surface area contributed by atoms with Gasteiger partial charge in [-0.2, -0.15) is 17.5 Å². The summed E-state index contributed by atoms with van der Waals surface area (Å²) < 4.78 is 66.6. The fourth-order valence-corrected chi connectivity index (χ4v) is 7.33. The Hall–Kier alpha value is -2.14. The summed E-state index contributed by atoms with van der Waals surface area (Å²) in [6.07, 6.45) is -2.74. The van der Waals surface area contributed by atoms with E-state index in [1.54, 1.807) is 11.9 Å². The summed E-state index contributed by atoms with van der Waals surface area (Å²) in [5, 5.41) is -0.465. The number of halogens is 4. The highest BCUT2D eigenvalue weighted by Crippen LogP contribution is 2.43. The number of sulfonamides is 1. The number of rotatable bonds is 6. The van der Waals surface area contributed by atoms with Crippen molar-refractivity contribution in [2.24, 2.45) is 17.6 Å². The number of nitrogens with two attached hydrogens (primary N) is 1. The molecular weight excluding hydrogens is 503 g/mol. The Kier molecular flexibility index (Phi) is 7.21. The number of nitrogens with zero attached hydrogens (tertiary/aromatic N) is 2. The normalized spacial score (nSPS) is 23.8. The van der Waals surface area contributed by atoms with Crippen LogP contribution in [-0.4, -0.2) is 55.8 Å². The summed E-state index contributed by atoms with van der Waals surface area (Å²) >= 11 is 5.97. The third kappa shape index (κ3) is 5.21. The number of hydrogen-bond acceptors (Lipinski definition) is 4. The number of amides is 1. The van der Waals surface area contributed by atoms with Crippen molar-refractivity contribution in [2.75, 3.05) is 20.1 Å². The Balaban J connectivity index is 1.46. The van der Waals surface area contributed by atoms with E-state index in [-0.39, 0.29) is 41.8 Å². The molecule has 2 aliphatic rings. The molecule has 2 N–H and O–H groups in total. The average molecular weight is 530 g/mol. The van der Waals surface area contributed by atoms with Gasteiger partial charge < -0.3 is 10.6 Å². The molecule has 6 nitrogen and oxygen atoms in total. The van der Waals surface area contributed by atoms with Crippen LogP contribution in [0.3, 0.4) is 0 Å². The number of carbonyl (C=O) groups is 1. The summed E-state index contributed by atoms with van der Waals surface area (Å²) in [5.41, 5.74) is 6.14. The lowest BCUT2D eigenvalue weighted by Gasteiger charge is -2.31. The zero-order valence-corrected chi connectivity index (χ0v) is 20.7. The fourth-order valence-electron chi connectivity index (χ4n) is 5.28. The van der Waals surface area contributed by atoms with Gasteiger partial charge in [0, 0.05) is 26.2 Å². The van der Waals surface area contributed by atoms with Crippen LogP contribution in [0, 0.1) is 11.8 Å². The predicted molar refractivity (Wildman–Crippen MR) is 126 cm³/mol. The Labute approximate surface area is 207 Å². The second-order valence-electron chi connectivity index (χ2n) is 9.28. The zero-order chi connectivity index (χ0) is 25.5. The first kappa shape index (κ1) is 25.9. The van der Waals surface area contributed by atoms with Crippen LogP contribution in [-0.2, 0) is 27.4 Å². The van der Waals surface area contributed by atoms with Gasteiger partial charge in [-0.15, -0.1) is 0 Å². The smallest absolute Gasteiger partial charge is 0.341 e. The van der Waals surface area contributed by atoms with E-state index >= 15 is 0 Å². The van der Waals surface area contributed by atoms with Crippen molar-refractivity contribution in [3.05, 3.63) is 64.7 Å². The number of likely N-dealkylation sites (N-methyl/N-ethyl adjacent to an activating group) is 1. The Bertz CT molecular complexity index is 1190. The van der Waals surface area contributed by atoms with Crippen LogP contribution in [0.25, 0.3) is 0 Å². The second kappa shape index (κ2) is 9.72. The Morgan fingerprint density at radius 2 is 1.86 bits per heavy atom. The molecule has 0 aromatic heterocycles. The van der Waals surface area contributed by atoms with Crippen molar-refractivity contribution < 1.29 is 26.4 Å². The summed E-state index contributed by atoms with van der Waals surface area (Å²) in [5.74, 6) is -0.244. The monoisotopic (exact) mass is 529 g/mol. The van der Waals surface area contributed by atoms with Gasteiger partial charge in [0.1, 0.15) is 4.90 Å². The molecule has 35 heavy (non-hydrogen) atoms. The molecule has 1 amide bonds. The number of benzene rings is 2. The lowest BCUT2D eigenvalue weighted by atomic mass is 9.96. The van der Waals surface area contributed by atoms with Crippen LogP contribution in [0.15, 0.2) is 53.4 Å². The maximum atomic E-state index is 13.2. The van der Waals surface area contributed by atoms with Gasteiger partial charge in [-0.25, -0.2) is 8.42 Å². The quantitative estimate of drug-likeness (QED) is 0.617. The Morgan fingerprint density at radius 3 is 2.49 bits per heavy atom. The molecule has 0 bridgehead atoms. The lowest BCUT2D eigenvalue weighted by Crippen LogP contribution is -2.49. The first-order chi connectivity index (χ1) is 16.4. The van der Waals surface area contributed by atoms with Gasteiger partial charge in [0.25, 0.3) is 0 Å². The molecule has 1 heterocycles. The highest BCUT2D eigenvalue weighted by molar-refractivity contribution is 7.89. The molecule has 2 aromatic rings. The number of fused-ring (bicyclic) bond motifs is 1. The van der Waals surface area contributed by atoms with Gasteiger partial charge in [-0.05, 0) is 54.9 Å². The minimum Gasteiger partial charge on any atom is -0.341 e. The van der Waals surface area contributed by atoms with E-state index in [0.717, 1.165) is 30.5 Å². The Morgan fingerprint density at radius 1 is 1.17 bits per heavy atom. The summed E-state index contributed by atoms with van der Waals surface area (Å²) in [6, 6.07) is 10.8. The van der Waals surface area contributed by atoms with E-state index in [2.05, 4.69) is 0 Å². The largest absolute Gasteiger partial charge is 0.416 e. The van der Waals surface area contributed by atoms with Crippen molar-refractivity contribution in [3.63, 3.8) is 0 Å². The molecular formula is C24H27ClF3N3O3S. The highest BCUT2D eigenvalue weighted by Gasteiger charge is 2.49. The topological polar surface area (TPSA) is 83.7 Å². The van der Waals surface area contributed by atoms with Crippen LogP contribution in [0.5, 0.6) is 0 Å². The molecule has 1 saturated heterocycles. The van der Waals surface area contributed by atoms with Crippen LogP contribution in [0.4, 0.5) is 13.2 Å². The van der Waals surface area contributed by atoms with E-state index < -0.39 is 32.8 Å². The van der Waals surface area contributed by atoms with E-state index in [9.17, 15) is 26.4 Å². The standard InChI is InChI=1S/C24H27ClF3N3O3S/c1-30(23(32)20(29)11-15-5-3-2-4-6-15)21-9-7-16-13-31(14-18(16)21)35(33,34)22-10-8-17(12-19(22)25)24(26,27)28/h2-6,8,10,12,16,18,20-21H,7,9,11,13-14,29H2,1H3/t16-,18+,20+,21+/m1/s1. The van der Waals surface area contributed by atoms with Crippen LogP contribution >= 0.6 is 11.6 Å². The minimum absolute atomic E-state index is 0.0450. The van der Waals surface area contributed by atoms with Crippen molar-refractivity contribution in [2.45, 2.75) is 42.4 Å². The molecule has 2 fully saturated rings. The van der Waals surface area contributed by atoms with Gasteiger partial charge in [-0.3, -0.25) is 4.79 Å². The molecule has 2 aromatic carbocycles. The van der Waals surface area contributed by atoms with Crippen molar-refractivity contribution in [1.29, 1.82) is 0 Å². The van der Waals surface area contributed by atoms with E-state index in [0.29, 0.717) is 12.5 Å². The van der Waals surface area contributed by atoms with E-state index in [4.69, 9.17) is 17.3 Å². The van der Waals surface area contributed by atoms with Gasteiger partial charge in [-0.1, -0.05) is 41.9 Å². The van der Waals surface area contributed by atoms with E-state index in [1.807, 2.05) is 30.3 Å². The molecule has 0 unspecified atom stereocenters. The molecule has 4 atom stereocenters. The van der Waals surface area contributed by atoms with Gasteiger partial charge >= 0.3 is 6.18 Å². The maximum absolute atomic E-state index is 13.2. The molecule has 0 radical (unpaired) electrons. The van der Waals surface area contributed by atoms with Crippen molar-refractivity contribution in [3.8, 4) is 0 Å². The van der Waals surface area contributed by atoms with Crippen molar-refractivity contribution >= 4 is 27.5 Å². The fraction of sp³-hybridized carbons (Fsp3) is 0.458. The van der Waals surface area contributed by atoms with Crippen LogP contribution in [0.1, 0.15) is 24.0 Å². The number of carbonyl (C=O) groups excluding carboxylic acids is 1. The minimum atomic E-state index is -4.62. The summed E-state index contributed by atoms with van der Waals surface area (Å²) in [4.78, 5) is 14.3. The van der Waals surface area contributed by atoms with Crippen molar-refractivity contribution in [1.82, 2.24) is 9.21 Å². The molecule has 1 aliphatic heterocycles. The molecule has 1 saturated carbocycles. The first-order valence-electron chi connectivity index (χ1n) is 11.3. The third-order valence-corrected chi connectivity index (χ3v) is 9.44. The zero-order valence-electron chi connectivity index (χ0n) is 19.1. The van der Waals surface area contributed by atoms with E-state index in [1.165, 1.54) is 4.31 Å². The molecule has 190 valence electrons. The van der Waals surface area contributed by atoms with Gasteiger partial charge in [0.15, 0.2) is 0 Å². The third-order valence-electron chi connectivity index (χ3n) is 7.12. The SMILES string of the molecule is CN(C(=O)[C@@H](N)Cc1ccccc1)[C@H]1CC[C@@H]2CN(S(=O)(=O)c3ccc(C(F)(F)F)cc3Cl)C[C@@H]21. The molecule has 4 rings (SSSR count). The predicted octanol–water partition coefficient (Wildman–Crippen LogP) is 3.79. The molecule has 1 aliphatic carbocycles.